The van der Waals surface area contributed by atoms with Gasteiger partial charge in [0.15, 0.2) is 0 Å². The van der Waals surface area contributed by atoms with Gasteiger partial charge in [-0.3, -0.25) is 4.79 Å². The van der Waals surface area contributed by atoms with Crippen molar-refractivity contribution in [2.24, 2.45) is 11.8 Å². The van der Waals surface area contributed by atoms with Gasteiger partial charge in [0.05, 0.1) is 5.39 Å². The number of rotatable bonds is 4. The van der Waals surface area contributed by atoms with Crippen molar-refractivity contribution in [3.05, 3.63) is 16.3 Å². The van der Waals surface area contributed by atoms with E-state index in [2.05, 4.69) is 23.6 Å². The first kappa shape index (κ1) is 21.2. The van der Waals surface area contributed by atoms with Crippen molar-refractivity contribution in [3.8, 4) is 0 Å². The second-order valence-corrected chi connectivity index (χ2v) is 11.2. The Morgan fingerprint density at radius 1 is 1.00 bits per heavy atom. The molecule has 0 unspecified atom stereocenters. The number of hydrogen-bond acceptors (Lipinski definition) is 5. The molecule has 2 aromatic heterocycles. The van der Waals surface area contributed by atoms with Gasteiger partial charge < -0.3 is 9.80 Å². The molecule has 1 saturated carbocycles. The minimum atomic E-state index is 0.280. The van der Waals surface area contributed by atoms with Crippen LogP contribution in [0.3, 0.4) is 0 Å². The van der Waals surface area contributed by atoms with Crippen molar-refractivity contribution in [1.82, 2.24) is 14.9 Å². The predicted octanol–water partition coefficient (Wildman–Crippen LogP) is 5.00. The average molecular weight is 441 g/mol. The van der Waals surface area contributed by atoms with E-state index < -0.39 is 0 Å². The van der Waals surface area contributed by atoms with E-state index >= 15 is 0 Å². The van der Waals surface area contributed by atoms with E-state index in [0.717, 1.165) is 63.5 Å². The molecule has 5 nitrogen and oxygen atoms in total. The van der Waals surface area contributed by atoms with Gasteiger partial charge in [-0.25, -0.2) is 9.97 Å². The van der Waals surface area contributed by atoms with E-state index in [-0.39, 0.29) is 5.92 Å². The normalized spacial score (nSPS) is 20.5. The molecule has 0 aromatic carbocycles. The highest BCUT2D eigenvalue weighted by Crippen LogP contribution is 2.39. The molecule has 2 aromatic rings. The summed E-state index contributed by atoms with van der Waals surface area (Å²) >= 11 is 1.91. The smallest absolute Gasteiger partial charge is 0.225 e. The zero-order valence-corrected chi connectivity index (χ0v) is 20.0. The Hall–Kier alpha value is -1.69. The number of carbonyl (C=O) groups is 1. The lowest BCUT2D eigenvalue weighted by Gasteiger charge is -2.37. The van der Waals surface area contributed by atoms with Crippen LogP contribution in [0.5, 0.6) is 0 Å². The fourth-order valence-corrected chi connectivity index (χ4v) is 6.89. The molecule has 3 aliphatic rings. The van der Waals surface area contributed by atoms with E-state index in [9.17, 15) is 4.79 Å². The summed E-state index contributed by atoms with van der Waals surface area (Å²) in [6.45, 7) is 7.90. The van der Waals surface area contributed by atoms with Crippen molar-refractivity contribution >= 4 is 33.3 Å². The van der Waals surface area contributed by atoms with Gasteiger partial charge >= 0.3 is 0 Å². The molecule has 2 fully saturated rings. The first-order valence-electron chi connectivity index (χ1n) is 12.4. The van der Waals surface area contributed by atoms with Gasteiger partial charge in [0.25, 0.3) is 0 Å². The number of aromatic nitrogens is 2. The quantitative estimate of drug-likeness (QED) is 0.628. The molecule has 5 rings (SSSR count). The van der Waals surface area contributed by atoms with Gasteiger partial charge in [-0.15, -0.1) is 11.3 Å². The molecule has 0 atom stereocenters. The highest BCUT2D eigenvalue weighted by atomic mass is 32.1. The van der Waals surface area contributed by atoms with Gasteiger partial charge in [0, 0.05) is 43.4 Å². The van der Waals surface area contributed by atoms with E-state index in [1.54, 1.807) is 4.88 Å². The Balaban J connectivity index is 1.44. The van der Waals surface area contributed by atoms with Crippen LogP contribution in [0.1, 0.15) is 75.1 Å². The number of fused-ring (bicyclic) bond motifs is 3. The van der Waals surface area contributed by atoms with Crippen LogP contribution in [0.25, 0.3) is 10.2 Å². The van der Waals surface area contributed by atoms with Crippen LogP contribution in [0, 0.1) is 11.8 Å². The number of nitrogens with zero attached hydrogens (tertiary/aromatic N) is 4. The van der Waals surface area contributed by atoms with Crippen LogP contribution >= 0.6 is 11.3 Å². The molecular weight excluding hydrogens is 404 g/mol. The van der Waals surface area contributed by atoms with E-state index in [1.165, 1.54) is 54.3 Å². The fraction of sp³-hybridized carbons (Fsp3) is 0.720. The van der Waals surface area contributed by atoms with Crippen LogP contribution in [-0.2, 0) is 24.1 Å². The van der Waals surface area contributed by atoms with Crippen LogP contribution in [0.4, 0.5) is 5.82 Å². The fourth-order valence-electron chi connectivity index (χ4n) is 5.61. The lowest BCUT2D eigenvalue weighted by molar-refractivity contribution is -0.135. The van der Waals surface area contributed by atoms with Crippen molar-refractivity contribution in [1.29, 1.82) is 0 Å². The molecule has 6 heteroatoms. The van der Waals surface area contributed by atoms with E-state index in [1.807, 2.05) is 11.3 Å². The number of hydrogen-bond donors (Lipinski definition) is 0. The summed E-state index contributed by atoms with van der Waals surface area (Å²) in [5, 5.41) is 1.32. The third-order valence-electron chi connectivity index (χ3n) is 7.28. The Morgan fingerprint density at radius 3 is 2.48 bits per heavy atom. The van der Waals surface area contributed by atoms with Crippen LogP contribution in [0.2, 0.25) is 0 Å². The van der Waals surface area contributed by atoms with Gasteiger partial charge in [0.1, 0.15) is 16.5 Å². The van der Waals surface area contributed by atoms with Crippen molar-refractivity contribution in [2.75, 3.05) is 31.1 Å². The standard InChI is InChI=1S/C25H36N4OS/c1-17(2)16-21-26-23(22-19-10-4-3-5-11-20(19)31-24(22)27-21)28-12-14-29(15-13-28)25(30)18-8-6-7-9-18/h17-18H,3-16H2,1-2H3. The molecule has 0 N–H and O–H groups in total. The van der Waals surface area contributed by atoms with E-state index in [4.69, 9.17) is 9.97 Å². The maximum atomic E-state index is 12.9. The number of thiophene rings is 1. The molecule has 1 amide bonds. The molecule has 0 bridgehead atoms. The SMILES string of the molecule is CC(C)Cc1nc(N2CCN(C(=O)C3CCCC3)CC2)c2c3c(sc2n1)CCCCC3. The molecule has 3 heterocycles. The lowest BCUT2D eigenvalue weighted by atomic mass is 10.1. The topological polar surface area (TPSA) is 49.3 Å². The van der Waals surface area contributed by atoms with Crippen LogP contribution in [-0.4, -0.2) is 47.0 Å². The number of piperazine rings is 1. The Morgan fingerprint density at radius 2 is 1.74 bits per heavy atom. The molecule has 31 heavy (non-hydrogen) atoms. The minimum Gasteiger partial charge on any atom is -0.352 e. The highest BCUT2D eigenvalue weighted by Gasteiger charge is 2.31. The number of anilines is 1. The summed E-state index contributed by atoms with van der Waals surface area (Å²) in [7, 11) is 0. The van der Waals surface area contributed by atoms with Gasteiger partial charge in [0.2, 0.25) is 5.91 Å². The van der Waals surface area contributed by atoms with Crippen LogP contribution < -0.4 is 4.90 Å². The molecule has 1 saturated heterocycles. The third-order valence-corrected chi connectivity index (χ3v) is 8.46. The van der Waals surface area contributed by atoms with Gasteiger partial charge in [-0.05, 0) is 50.0 Å². The highest BCUT2D eigenvalue weighted by molar-refractivity contribution is 7.19. The summed E-state index contributed by atoms with van der Waals surface area (Å²) < 4.78 is 0. The number of aryl methyl sites for hydroxylation is 2. The van der Waals surface area contributed by atoms with Crippen molar-refractivity contribution < 1.29 is 4.79 Å². The summed E-state index contributed by atoms with van der Waals surface area (Å²) in [5.41, 5.74) is 1.52. The molecular formula is C25H36N4OS. The Labute approximate surface area is 190 Å². The summed E-state index contributed by atoms with van der Waals surface area (Å²) in [6, 6.07) is 0. The predicted molar refractivity (Wildman–Crippen MR) is 128 cm³/mol. The molecule has 0 radical (unpaired) electrons. The summed E-state index contributed by atoms with van der Waals surface area (Å²) in [6.07, 6.45) is 11.8. The third kappa shape index (κ3) is 4.33. The second-order valence-electron chi connectivity index (χ2n) is 10.1. The average Bonchev–Trinajstić information content (AvgIpc) is 3.35. The monoisotopic (exact) mass is 440 g/mol. The maximum Gasteiger partial charge on any atom is 0.225 e. The van der Waals surface area contributed by atoms with Crippen LogP contribution in [0.15, 0.2) is 0 Å². The maximum absolute atomic E-state index is 12.9. The van der Waals surface area contributed by atoms with Crippen molar-refractivity contribution in [3.63, 3.8) is 0 Å². The zero-order chi connectivity index (χ0) is 21.4. The largest absolute Gasteiger partial charge is 0.352 e. The summed E-state index contributed by atoms with van der Waals surface area (Å²) in [5.74, 6) is 3.35. The second kappa shape index (κ2) is 9.05. The Kier molecular flexibility index (Phi) is 6.18. The zero-order valence-electron chi connectivity index (χ0n) is 19.2. The first-order valence-corrected chi connectivity index (χ1v) is 13.3. The Bertz CT molecular complexity index is 939. The summed E-state index contributed by atoms with van der Waals surface area (Å²) in [4.78, 5) is 30.4. The molecule has 168 valence electrons. The van der Waals surface area contributed by atoms with Crippen molar-refractivity contribution in [2.45, 2.75) is 78.1 Å². The molecule has 0 spiro atoms. The first-order chi connectivity index (χ1) is 15.1. The lowest BCUT2D eigenvalue weighted by Crippen LogP contribution is -2.50. The van der Waals surface area contributed by atoms with E-state index in [0.29, 0.717) is 11.8 Å². The number of amides is 1. The number of carbonyl (C=O) groups excluding carboxylic acids is 1. The minimum absolute atomic E-state index is 0.280. The molecule has 2 aliphatic carbocycles. The van der Waals surface area contributed by atoms with Gasteiger partial charge in [-0.2, -0.15) is 0 Å². The molecule has 1 aliphatic heterocycles. The van der Waals surface area contributed by atoms with Gasteiger partial charge in [-0.1, -0.05) is 33.1 Å².